The van der Waals surface area contributed by atoms with E-state index in [0.29, 0.717) is 17.0 Å². The van der Waals surface area contributed by atoms with E-state index in [1.54, 1.807) is 0 Å². The molecule has 1 N–H and O–H groups in total. The van der Waals surface area contributed by atoms with Gasteiger partial charge in [0.05, 0.1) is 17.6 Å². The summed E-state index contributed by atoms with van der Waals surface area (Å²) in [7, 11) is -4.88. The van der Waals surface area contributed by atoms with E-state index in [4.69, 9.17) is 4.74 Å². The normalized spacial score (nSPS) is 12.2. The van der Waals surface area contributed by atoms with Gasteiger partial charge >= 0.3 is 18.2 Å². The Morgan fingerprint density at radius 3 is 2.15 bits per heavy atom. The second-order valence-corrected chi connectivity index (χ2v) is 10.5. The molecule has 17 heteroatoms. The molecule has 2 rings (SSSR count). The van der Waals surface area contributed by atoms with Crippen molar-refractivity contribution in [3.8, 4) is 6.01 Å². The monoisotopic (exact) mass is 512 g/mol. The summed E-state index contributed by atoms with van der Waals surface area (Å²) in [5.74, 6) is -1.80. The largest absolute Gasteiger partial charge is 0.467 e. The third kappa shape index (κ3) is 6.64. The van der Waals surface area contributed by atoms with E-state index >= 15 is 0 Å². The maximum absolute atomic E-state index is 13.3. The van der Waals surface area contributed by atoms with Crippen molar-refractivity contribution in [3.63, 3.8) is 0 Å². The molecule has 0 unspecified atom stereocenters. The van der Waals surface area contributed by atoms with Crippen LogP contribution in [0.5, 0.6) is 6.01 Å². The number of sulfonamides is 1. The number of urea groups is 1. The zero-order valence-corrected chi connectivity index (χ0v) is 19.3. The lowest BCUT2D eigenvalue weighted by molar-refractivity contribution is -0.139. The number of hydrogen-bond donors (Lipinski definition) is 1. The fourth-order valence-corrected chi connectivity index (χ4v) is 4.23. The molecule has 0 aliphatic carbocycles. The lowest BCUT2D eigenvalue weighted by Gasteiger charge is -2.22. The van der Waals surface area contributed by atoms with Gasteiger partial charge in [0.1, 0.15) is 5.88 Å². The number of amides is 2. The summed E-state index contributed by atoms with van der Waals surface area (Å²) in [5, 5.41) is 0. The standard InChI is InChI=1S/C16H19F3N6O6S2/c1-24(2)12-20-13(22-14(21-12)31-3)25(9-32(4,27)28)15(26)23-33(29,30)11-8-6-5-7-10(11)16(17,18)19/h5-8H,9H2,1-4H3,(H,23,26). The molecule has 0 atom stereocenters. The Labute approximate surface area is 187 Å². The Morgan fingerprint density at radius 1 is 1.06 bits per heavy atom. The number of benzene rings is 1. The Kier molecular flexibility index (Phi) is 7.37. The maximum atomic E-state index is 13.3. The average Bonchev–Trinajstić information content (AvgIpc) is 2.70. The van der Waals surface area contributed by atoms with Crippen molar-refractivity contribution in [1.82, 2.24) is 19.7 Å². The summed E-state index contributed by atoms with van der Waals surface area (Å²) >= 11 is 0. The van der Waals surface area contributed by atoms with Crippen LogP contribution in [0.4, 0.5) is 29.9 Å². The van der Waals surface area contributed by atoms with Crippen LogP contribution in [-0.4, -0.2) is 71.2 Å². The van der Waals surface area contributed by atoms with Crippen molar-refractivity contribution in [2.24, 2.45) is 0 Å². The van der Waals surface area contributed by atoms with Crippen LogP contribution in [0.15, 0.2) is 29.2 Å². The first-order valence-corrected chi connectivity index (χ1v) is 12.2. The molecule has 33 heavy (non-hydrogen) atoms. The third-order valence-corrected chi connectivity index (χ3v) is 5.83. The molecule has 2 amide bonds. The molecule has 0 aliphatic rings. The highest BCUT2D eigenvalue weighted by atomic mass is 32.2. The zero-order chi connectivity index (χ0) is 25.2. The topological polar surface area (TPSA) is 152 Å². The number of methoxy groups -OCH3 is 1. The van der Waals surface area contributed by atoms with Gasteiger partial charge in [-0.3, -0.25) is 0 Å². The molecule has 1 heterocycles. The summed E-state index contributed by atoms with van der Waals surface area (Å²) in [5.41, 5.74) is -1.52. The minimum Gasteiger partial charge on any atom is -0.467 e. The number of sulfone groups is 1. The molecule has 0 fully saturated rings. The maximum Gasteiger partial charge on any atom is 0.417 e. The van der Waals surface area contributed by atoms with Crippen molar-refractivity contribution < 1.29 is 39.5 Å². The first kappa shape index (κ1) is 26.0. The third-order valence-electron chi connectivity index (χ3n) is 3.73. The van der Waals surface area contributed by atoms with Crippen LogP contribution < -0.4 is 19.3 Å². The predicted octanol–water partition coefficient (Wildman–Crippen LogP) is 0.872. The highest BCUT2D eigenvalue weighted by Gasteiger charge is 2.38. The van der Waals surface area contributed by atoms with Crippen LogP contribution in [-0.2, 0) is 26.0 Å². The molecule has 182 valence electrons. The number of carbonyl (C=O) groups is 1. The molecule has 0 bridgehead atoms. The molecule has 0 aliphatic heterocycles. The molecule has 0 radical (unpaired) electrons. The lowest BCUT2D eigenvalue weighted by Crippen LogP contribution is -2.46. The van der Waals surface area contributed by atoms with Crippen molar-refractivity contribution >= 4 is 37.8 Å². The molecular weight excluding hydrogens is 493 g/mol. The molecule has 1 aromatic heterocycles. The number of alkyl halides is 3. The van der Waals surface area contributed by atoms with Gasteiger partial charge in [0.15, 0.2) is 9.84 Å². The fourth-order valence-electron chi connectivity index (χ4n) is 2.35. The number of nitrogens with zero attached hydrogens (tertiary/aromatic N) is 5. The van der Waals surface area contributed by atoms with Gasteiger partial charge in [-0.15, -0.1) is 0 Å². The molecule has 1 aromatic carbocycles. The summed E-state index contributed by atoms with van der Waals surface area (Å²) in [6, 6.07) is 1.22. The van der Waals surface area contributed by atoms with Crippen molar-refractivity contribution in [1.29, 1.82) is 0 Å². The predicted molar refractivity (Wildman–Crippen MR) is 110 cm³/mol. The van der Waals surface area contributed by atoms with Gasteiger partial charge in [0, 0.05) is 20.4 Å². The average molecular weight is 512 g/mol. The minimum absolute atomic E-state index is 0.0755. The van der Waals surface area contributed by atoms with Gasteiger partial charge in [-0.1, -0.05) is 12.1 Å². The van der Waals surface area contributed by atoms with Crippen LogP contribution in [0.25, 0.3) is 0 Å². The number of carbonyl (C=O) groups excluding carboxylic acids is 1. The number of aromatic nitrogens is 3. The zero-order valence-electron chi connectivity index (χ0n) is 17.7. The van der Waals surface area contributed by atoms with Gasteiger partial charge in [-0.2, -0.15) is 28.1 Å². The van der Waals surface area contributed by atoms with Gasteiger partial charge in [-0.05, 0) is 12.1 Å². The number of hydrogen-bond acceptors (Lipinski definition) is 10. The van der Waals surface area contributed by atoms with Crippen LogP contribution in [0.3, 0.4) is 0 Å². The van der Waals surface area contributed by atoms with Crippen molar-refractivity contribution in [3.05, 3.63) is 29.8 Å². The molecule has 0 spiro atoms. The summed E-state index contributed by atoms with van der Waals surface area (Å²) in [6.45, 7) is 0. The van der Waals surface area contributed by atoms with Crippen LogP contribution >= 0.6 is 0 Å². The van der Waals surface area contributed by atoms with Gasteiger partial charge < -0.3 is 9.64 Å². The molecule has 0 saturated heterocycles. The van der Waals surface area contributed by atoms with Crippen molar-refractivity contribution in [2.75, 3.05) is 43.1 Å². The SMILES string of the molecule is COc1nc(N(C)C)nc(N(CS(C)(=O)=O)C(=O)NS(=O)(=O)c2ccccc2C(F)(F)F)n1. The summed E-state index contributed by atoms with van der Waals surface area (Å²) in [4.78, 5) is 24.8. The molecular formula is C16H19F3N6O6S2. The number of nitrogens with one attached hydrogen (secondary N) is 1. The molecule has 12 nitrogen and oxygen atoms in total. The smallest absolute Gasteiger partial charge is 0.417 e. The van der Waals surface area contributed by atoms with Crippen LogP contribution in [0, 0.1) is 0 Å². The van der Waals surface area contributed by atoms with Crippen LogP contribution in [0.1, 0.15) is 5.56 Å². The Bertz CT molecular complexity index is 1250. The molecule has 2 aromatic rings. The number of anilines is 2. The fraction of sp³-hybridized carbons (Fsp3) is 0.375. The first-order valence-electron chi connectivity index (χ1n) is 8.71. The van der Waals surface area contributed by atoms with E-state index in [-0.39, 0.29) is 12.0 Å². The quantitative estimate of drug-likeness (QED) is 0.566. The number of rotatable bonds is 7. The van der Waals surface area contributed by atoms with Gasteiger partial charge in [0.2, 0.25) is 11.9 Å². The van der Waals surface area contributed by atoms with E-state index in [0.717, 1.165) is 18.4 Å². The lowest BCUT2D eigenvalue weighted by atomic mass is 10.2. The Hall–Kier alpha value is -3.21. The Balaban J connectivity index is 2.56. The summed E-state index contributed by atoms with van der Waals surface area (Å²) in [6.07, 6.45) is -4.30. The van der Waals surface area contributed by atoms with Crippen LogP contribution in [0.2, 0.25) is 0 Å². The highest BCUT2D eigenvalue weighted by Crippen LogP contribution is 2.34. The Morgan fingerprint density at radius 2 is 1.64 bits per heavy atom. The highest BCUT2D eigenvalue weighted by molar-refractivity contribution is 7.91. The van der Waals surface area contributed by atoms with Gasteiger partial charge in [0.25, 0.3) is 10.0 Å². The van der Waals surface area contributed by atoms with E-state index in [1.807, 2.05) is 0 Å². The van der Waals surface area contributed by atoms with E-state index in [1.165, 1.54) is 30.8 Å². The first-order chi connectivity index (χ1) is 15.0. The van der Waals surface area contributed by atoms with E-state index in [9.17, 15) is 34.8 Å². The van der Waals surface area contributed by atoms with E-state index in [2.05, 4.69) is 15.0 Å². The second-order valence-electron chi connectivity index (χ2n) is 6.70. The summed E-state index contributed by atoms with van der Waals surface area (Å²) < 4.78 is 95.1. The minimum atomic E-state index is -5.09. The molecule has 0 saturated carbocycles. The second kappa shape index (κ2) is 9.34. The van der Waals surface area contributed by atoms with Crippen molar-refractivity contribution in [2.45, 2.75) is 11.1 Å². The van der Waals surface area contributed by atoms with Gasteiger partial charge in [-0.25, -0.2) is 31.3 Å². The number of ether oxygens (including phenoxy) is 1. The number of halogens is 3. The van der Waals surface area contributed by atoms with E-state index < -0.39 is 54.4 Å².